The summed E-state index contributed by atoms with van der Waals surface area (Å²) in [4.78, 5) is 48.7. The summed E-state index contributed by atoms with van der Waals surface area (Å²) in [6, 6.07) is 3.07. The molecule has 1 aliphatic heterocycles. The molecule has 0 bridgehead atoms. The Bertz CT molecular complexity index is 1840. The lowest BCUT2D eigenvalue weighted by Crippen LogP contribution is -2.58. The second kappa shape index (κ2) is 11.6. The van der Waals surface area contributed by atoms with Crippen molar-refractivity contribution in [2.75, 3.05) is 6.61 Å². The zero-order chi connectivity index (χ0) is 34.1. The number of fused-ring (bicyclic) bond motifs is 7. The molecular formula is C39H46O8. The minimum absolute atomic E-state index is 0.0160. The van der Waals surface area contributed by atoms with E-state index in [0.29, 0.717) is 66.3 Å². The molecule has 8 heteroatoms. The first-order chi connectivity index (χ1) is 22.1. The van der Waals surface area contributed by atoms with Gasteiger partial charge in [-0.3, -0.25) is 19.2 Å². The molecule has 0 amide bonds. The number of benzene rings is 1. The molecule has 6 unspecified atom stereocenters. The largest absolute Gasteiger partial charge is 0.507 e. The Labute approximate surface area is 275 Å². The quantitative estimate of drug-likeness (QED) is 0.268. The number of ether oxygens (including phenoxy) is 2. The number of aryl methyl sites for hydroxylation is 1. The van der Waals surface area contributed by atoms with E-state index in [1.165, 1.54) is 24.1 Å². The van der Waals surface area contributed by atoms with E-state index in [2.05, 4.69) is 26.8 Å². The zero-order valence-corrected chi connectivity index (χ0v) is 28.6. The van der Waals surface area contributed by atoms with Crippen LogP contribution in [-0.2, 0) is 25.5 Å². The van der Waals surface area contributed by atoms with Crippen LogP contribution >= 0.6 is 0 Å². The van der Waals surface area contributed by atoms with Crippen LogP contribution in [0.3, 0.4) is 0 Å². The summed E-state index contributed by atoms with van der Waals surface area (Å²) in [6.07, 6.45) is 11.7. The molecule has 2 aromatic rings. The van der Waals surface area contributed by atoms with E-state index in [4.69, 9.17) is 13.9 Å². The van der Waals surface area contributed by atoms with Crippen molar-refractivity contribution >= 4 is 28.5 Å². The van der Waals surface area contributed by atoms with Gasteiger partial charge in [-0.15, -0.1) is 0 Å². The minimum Gasteiger partial charge on any atom is -0.507 e. The van der Waals surface area contributed by atoms with Gasteiger partial charge in [-0.25, -0.2) is 0 Å². The molecule has 5 aliphatic rings. The number of allylic oxidation sites excluding steroid dienone is 5. The summed E-state index contributed by atoms with van der Waals surface area (Å²) in [7, 11) is 0. The van der Waals surface area contributed by atoms with Crippen molar-refractivity contribution in [1.29, 1.82) is 0 Å². The van der Waals surface area contributed by atoms with Crippen LogP contribution in [0, 0.1) is 35.5 Å². The van der Waals surface area contributed by atoms with Crippen molar-refractivity contribution in [3.8, 4) is 11.5 Å². The maximum Gasteiger partial charge on any atom is 0.303 e. The van der Waals surface area contributed by atoms with Crippen LogP contribution in [0.5, 0.6) is 11.5 Å². The van der Waals surface area contributed by atoms with Crippen LogP contribution in [0.2, 0.25) is 0 Å². The summed E-state index contributed by atoms with van der Waals surface area (Å²) in [5.41, 5.74) is 3.01. The van der Waals surface area contributed by atoms with Crippen molar-refractivity contribution in [1.82, 2.24) is 0 Å². The second-order valence-electron chi connectivity index (χ2n) is 14.9. The standard InChI is InChI=1S/C24H32O4.C15H14O4/c1-14-12-18-19(22(4)9-6-17(27)13-21(14)22)7-10-23(5)20(18)8-11-24(23,15(2)25)28-16(3)26;1-8-3-4-10-12(18-7-8)6-13-14(15(10)17)11(16)5-9(2)19-13/h12-13,18-20H,6-11H2,1-5H3;3,5-6,17H,4,7H2,1-2H3. The zero-order valence-electron chi connectivity index (χ0n) is 28.6. The molecule has 6 atom stereocenters. The van der Waals surface area contributed by atoms with Crippen LogP contribution in [0.25, 0.3) is 11.0 Å². The van der Waals surface area contributed by atoms with Gasteiger partial charge in [-0.05, 0) is 107 Å². The number of hydrogen-bond acceptors (Lipinski definition) is 8. The third-order valence-electron chi connectivity index (χ3n) is 12.1. The van der Waals surface area contributed by atoms with Crippen LogP contribution < -0.4 is 10.2 Å². The Morgan fingerprint density at radius 2 is 1.72 bits per heavy atom. The summed E-state index contributed by atoms with van der Waals surface area (Å²) >= 11 is 0. The van der Waals surface area contributed by atoms with Crippen LogP contribution in [-0.4, -0.2) is 34.9 Å². The molecular weight excluding hydrogens is 596 g/mol. The van der Waals surface area contributed by atoms with Gasteiger partial charge in [0.15, 0.2) is 22.6 Å². The number of Topliss-reactive ketones (excluding diaryl/α,β-unsaturated/α-hetero) is 1. The van der Waals surface area contributed by atoms with E-state index in [-0.39, 0.29) is 44.9 Å². The van der Waals surface area contributed by atoms with Gasteiger partial charge in [0.1, 0.15) is 34.8 Å². The average molecular weight is 643 g/mol. The van der Waals surface area contributed by atoms with Crippen molar-refractivity contribution in [3.05, 3.63) is 68.6 Å². The van der Waals surface area contributed by atoms with E-state index in [1.54, 1.807) is 19.9 Å². The molecule has 2 saturated carbocycles. The number of hydrogen-bond donors (Lipinski definition) is 1. The maximum absolute atomic E-state index is 12.8. The third-order valence-corrected chi connectivity index (χ3v) is 12.1. The van der Waals surface area contributed by atoms with Gasteiger partial charge >= 0.3 is 5.97 Å². The lowest BCUT2D eigenvalue weighted by Gasteiger charge is -2.58. The van der Waals surface area contributed by atoms with Gasteiger partial charge in [0.2, 0.25) is 0 Å². The van der Waals surface area contributed by atoms with Crippen molar-refractivity contribution in [3.63, 3.8) is 0 Å². The third kappa shape index (κ3) is 5.19. The molecule has 250 valence electrons. The first-order valence-corrected chi connectivity index (χ1v) is 16.8. The summed E-state index contributed by atoms with van der Waals surface area (Å²) in [5, 5.41) is 10.5. The highest BCUT2D eigenvalue weighted by Crippen LogP contribution is 2.67. The lowest BCUT2D eigenvalue weighted by molar-refractivity contribution is -0.185. The van der Waals surface area contributed by atoms with Gasteiger partial charge in [-0.1, -0.05) is 31.6 Å². The Hall–Kier alpha value is -3.94. The molecule has 7 rings (SSSR count). The van der Waals surface area contributed by atoms with Gasteiger partial charge in [-0.2, -0.15) is 0 Å². The lowest BCUT2D eigenvalue weighted by atomic mass is 9.47. The highest BCUT2D eigenvalue weighted by Gasteiger charge is 2.67. The van der Waals surface area contributed by atoms with E-state index < -0.39 is 5.60 Å². The minimum atomic E-state index is -0.990. The smallest absolute Gasteiger partial charge is 0.303 e. The van der Waals surface area contributed by atoms with E-state index in [0.717, 1.165) is 31.3 Å². The summed E-state index contributed by atoms with van der Waals surface area (Å²) in [6.45, 7) is 13.8. The van der Waals surface area contributed by atoms with Gasteiger partial charge in [0.25, 0.3) is 0 Å². The molecule has 2 heterocycles. The Morgan fingerprint density at radius 3 is 2.43 bits per heavy atom. The Balaban J connectivity index is 0.000000177. The fraction of sp³-hybridized carbons (Fsp3) is 0.538. The molecule has 1 N–H and O–H groups in total. The number of carbonyl (C=O) groups excluding carboxylic acids is 3. The summed E-state index contributed by atoms with van der Waals surface area (Å²) in [5.74, 6) is 2.08. The van der Waals surface area contributed by atoms with Gasteiger partial charge in [0.05, 0.1) is 0 Å². The highest BCUT2D eigenvalue weighted by atomic mass is 16.6. The number of esters is 1. The second-order valence-corrected chi connectivity index (χ2v) is 14.9. The molecule has 1 aromatic heterocycles. The van der Waals surface area contributed by atoms with Crippen molar-refractivity contribution < 1.29 is 33.4 Å². The average Bonchev–Trinajstić information content (AvgIpc) is 3.15. The number of phenolic OH excluding ortho intramolecular Hbond substituents is 1. The number of rotatable bonds is 2. The van der Waals surface area contributed by atoms with Gasteiger partial charge < -0.3 is 19.0 Å². The maximum atomic E-state index is 12.8. The molecule has 0 saturated heterocycles. The molecule has 1 aromatic carbocycles. The van der Waals surface area contributed by atoms with Crippen LogP contribution in [0.1, 0.15) is 91.4 Å². The number of ketones is 2. The SMILES string of the molecule is CC(=O)OC1(C(C)=O)CCC2C3C=C(C)C4=CC(=O)CCC4(C)C3CCC21C.CC1=CCc2c(cc3oc(C)cc(=O)c3c2O)OC1. The number of aromatic hydroxyl groups is 1. The van der Waals surface area contributed by atoms with Crippen LogP contribution in [0.4, 0.5) is 0 Å². The molecule has 0 radical (unpaired) electrons. The first kappa shape index (κ1) is 33.0. The highest BCUT2D eigenvalue weighted by molar-refractivity contribution is 5.93. The van der Waals surface area contributed by atoms with E-state index in [9.17, 15) is 24.3 Å². The summed E-state index contributed by atoms with van der Waals surface area (Å²) < 4.78 is 17.0. The molecule has 2 fully saturated rings. The van der Waals surface area contributed by atoms with E-state index >= 15 is 0 Å². The Kier molecular flexibility index (Phi) is 8.17. The Morgan fingerprint density at radius 1 is 1.00 bits per heavy atom. The molecule has 4 aliphatic carbocycles. The number of carbonyl (C=O) groups is 3. The predicted octanol–water partition coefficient (Wildman–Crippen LogP) is 7.26. The van der Waals surface area contributed by atoms with E-state index in [1.807, 2.05) is 19.1 Å². The van der Waals surface area contributed by atoms with Crippen molar-refractivity contribution in [2.24, 2.45) is 28.6 Å². The molecule has 47 heavy (non-hydrogen) atoms. The predicted molar refractivity (Wildman–Crippen MR) is 178 cm³/mol. The fourth-order valence-electron chi connectivity index (χ4n) is 9.77. The first-order valence-electron chi connectivity index (χ1n) is 16.8. The van der Waals surface area contributed by atoms with Crippen LogP contribution in [0.15, 0.2) is 56.3 Å². The number of phenols is 1. The topological polar surface area (TPSA) is 120 Å². The fourth-order valence-corrected chi connectivity index (χ4v) is 9.77. The molecule has 8 nitrogen and oxygen atoms in total. The van der Waals surface area contributed by atoms with Crippen molar-refractivity contribution in [2.45, 2.75) is 99.0 Å². The normalized spacial score (nSPS) is 32.4. The monoisotopic (exact) mass is 642 g/mol. The van der Waals surface area contributed by atoms with Gasteiger partial charge in [0, 0.05) is 36.5 Å². The molecule has 0 spiro atoms.